The smallest absolute Gasteiger partial charge is 0.240 e. The fraction of sp³-hybridized carbons (Fsp3) is 0.294. The number of sulfonamides is 1. The zero-order valence-electron chi connectivity index (χ0n) is 13.8. The highest BCUT2D eigenvalue weighted by molar-refractivity contribution is 7.89. The van der Waals surface area contributed by atoms with E-state index in [2.05, 4.69) is 4.72 Å². The SMILES string of the molecule is COc1ccc(S(=O)(=O)NCCOc2ccc(Cl)cc2C)c(C)c1. The lowest BCUT2D eigenvalue weighted by Crippen LogP contribution is -2.28. The molecule has 2 aromatic rings. The molecule has 1 N–H and O–H groups in total. The van der Waals surface area contributed by atoms with Gasteiger partial charge >= 0.3 is 0 Å². The van der Waals surface area contributed by atoms with Gasteiger partial charge in [-0.2, -0.15) is 0 Å². The highest BCUT2D eigenvalue weighted by atomic mass is 35.5. The third-order valence-corrected chi connectivity index (χ3v) is 5.32. The summed E-state index contributed by atoms with van der Waals surface area (Å²) >= 11 is 5.89. The predicted molar refractivity (Wildman–Crippen MR) is 94.6 cm³/mol. The van der Waals surface area contributed by atoms with Gasteiger partial charge in [0.15, 0.2) is 0 Å². The molecule has 0 saturated carbocycles. The van der Waals surface area contributed by atoms with Crippen LogP contribution in [0.3, 0.4) is 0 Å². The van der Waals surface area contributed by atoms with Crippen LogP contribution in [0.1, 0.15) is 11.1 Å². The van der Waals surface area contributed by atoms with Crippen LogP contribution in [-0.4, -0.2) is 28.7 Å². The molecule has 0 radical (unpaired) electrons. The van der Waals surface area contributed by atoms with E-state index in [1.807, 2.05) is 6.92 Å². The fourth-order valence-electron chi connectivity index (χ4n) is 2.24. The minimum absolute atomic E-state index is 0.163. The molecule has 0 unspecified atom stereocenters. The van der Waals surface area contributed by atoms with Gasteiger partial charge in [0.05, 0.1) is 12.0 Å². The first-order valence-corrected chi connectivity index (χ1v) is 9.23. The van der Waals surface area contributed by atoms with Crippen LogP contribution in [0.5, 0.6) is 11.5 Å². The van der Waals surface area contributed by atoms with Gasteiger partial charge in [-0.25, -0.2) is 13.1 Å². The van der Waals surface area contributed by atoms with Crippen molar-refractivity contribution in [2.75, 3.05) is 20.3 Å². The van der Waals surface area contributed by atoms with E-state index in [9.17, 15) is 8.42 Å². The molecule has 24 heavy (non-hydrogen) atoms. The zero-order chi connectivity index (χ0) is 17.7. The molecule has 0 amide bonds. The number of ether oxygens (including phenoxy) is 2. The highest BCUT2D eigenvalue weighted by Crippen LogP contribution is 2.22. The van der Waals surface area contributed by atoms with Gasteiger partial charge < -0.3 is 9.47 Å². The first-order chi connectivity index (χ1) is 11.3. The molecule has 130 valence electrons. The number of nitrogens with one attached hydrogen (secondary N) is 1. The van der Waals surface area contributed by atoms with Gasteiger partial charge in [-0.3, -0.25) is 0 Å². The second kappa shape index (κ2) is 7.88. The van der Waals surface area contributed by atoms with E-state index in [0.717, 1.165) is 5.56 Å². The summed E-state index contributed by atoms with van der Waals surface area (Å²) in [5.41, 5.74) is 1.52. The largest absolute Gasteiger partial charge is 0.497 e. The number of halogens is 1. The molecule has 0 aliphatic heterocycles. The van der Waals surface area contributed by atoms with Crippen molar-refractivity contribution in [1.29, 1.82) is 0 Å². The van der Waals surface area contributed by atoms with Gasteiger partial charge in [0, 0.05) is 11.6 Å². The van der Waals surface area contributed by atoms with Crippen LogP contribution < -0.4 is 14.2 Å². The van der Waals surface area contributed by atoms with E-state index in [1.165, 1.54) is 13.2 Å². The number of hydrogen-bond acceptors (Lipinski definition) is 4. The maximum absolute atomic E-state index is 12.4. The Kier molecular flexibility index (Phi) is 6.10. The first-order valence-electron chi connectivity index (χ1n) is 7.37. The van der Waals surface area contributed by atoms with E-state index in [1.54, 1.807) is 37.3 Å². The van der Waals surface area contributed by atoms with Gasteiger partial charge in [0.25, 0.3) is 0 Å². The molecule has 2 aromatic carbocycles. The fourth-order valence-corrected chi connectivity index (χ4v) is 3.70. The molecule has 0 fully saturated rings. The summed E-state index contributed by atoms with van der Waals surface area (Å²) in [6.45, 7) is 3.99. The summed E-state index contributed by atoms with van der Waals surface area (Å²) < 4.78 is 37.9. The number of aryl methyl sites for hydroxylation is 2. The standard InChI is InChI=1S/C17H20ClNO4S/c1-12-10-14(18)4-6-16(12)23-9-8-19-24(20,21)17-7-5-15(22-3)11-13(17)2/h4-7,10-11,19H,8-9H2,1-3H3. The quantitative estimate of drug-likeness (QED) is 0.760. The van der Waals surface area contributed by atoms with E-state index in [-0.39, 0.29) is 18.0 Å². The van der Waals surface area contributed by atoms with Crippen molar-refractivity contribution in [3.8, 4) is 11.5 Å². The minimum atomic E-state index is -3.59. The monoisotopic (exact) mass is 369 g/mol. The molecule has 0 spiro atoms. The van der Waals surface area contributed by atoms with E-state index in [4.69, 9.17) is 21.1 Å². The topological polar surface area (TPSA) is 64.6 Å². The van der Waals surface area contributed by atoms with Crippen molar-refractivity contribution in [2.45, 2.75) is 18.7 Å². The molecule has 0 saturated heterocycles. The first kappa shape index (κ1) is 18.6. The Morgan fingerprint density at radius 3 is 2.46 bits per heavy atom. The summed E-state index contributed by atoms with van der Waals surface area (Å²) in [7, 11) is -2.05. The highest BCUT2D eigenvalue weighted by Gasteiger charge is 2.16. The number of hydrogen-bond donors (Lipinski definition) is 1. The van der Waals surface area contributed by atoms with Crippen LogP contribution in [0, 0.1) is 13.8 Å². The second-order valence-corrected chi connectivity index (χ2v) is 7.46. The summed E-state index contributed by atoms with van der Waals surface area (Å²) in [5.74, 6) is 1.30. The van der Waals surface area contributed by atoms with E-state index >= 15 is 0 Å². The van der Waals surface area contributed by atoms with Crippen molar-refractivity contribution in [3.63, 3.8) is 0 Å². The number of methoxy groups -OCH3 is 1. The van der Waals surface area contributed by atoms with E-state index in [0.29, 0.717) is 22.1 Å². The maximum atomic E-state index is 12.4. The van der Waals surface area contributed by atoms with Crippen molar-refractivity contribution in [1.82, 2.24) is 4.72 Å². The lowest BCUT2D eigenvalue weighted by molar-refractivity contribution is 0.320. The summed E-state index contributed by atoms with van der Waals surface area (Å²) in [6, 6.07) is 10.1. The van der Waals surface area contributed by atoms with Gasteiger partial charge in [-0.1, -0.05) is 11.6 Å². The van der Waals surface area contributed by atoms with Crippen LogP contribution in [0.15, 0.2) is 41.3 Å². The van der Waals surface area contributed by atoms with Crippen molar-refractivity contribution >= 4 is 21.6 Å². The third kappa shape index (κ3) is 4.63. The molecule has 0 aliphatic rings. The molecule has 0 bridgehead atoms. The maximum Gasteiger partial charge on any atom is 0.240 e. The normalized spacial score (nSPS) is 11.3. The van der Waals surface area contributed by atoms with Crippen LogP contribution >= 0.6 is 11.6 Å². The van der Waals surface area contributed by atoms with Crippen LogP contribution in [-0.2, 0) is 10.0 Å². The molecule has 0 aliphatic carbocycles. The molecule has 0 heterocycles. The Morgan fingerprint density at radius 2 is 1.83 bits per heavy atom. The average molecular weight is 370 g/mol. The van der Waals surface area contributed by atoms with Gasteiger partial charge in [0.2, 0.25) is 10.0 Å². The molecule has 2 rings (SSSR count). The molecular weight excluding hydrogens is 350 g/mol. The van der Waals surface area contributed by atoms with Crippen molar-refractivity contribution < 1.29 is 17.9 Å². The van der Waals surface area contributed by atoms with Crippen LogP contribution in [0.2, 0.25) is 5.02 Å². The second-order valence-electron chi connectivity index (χ2n) is 5.29. The Hall–Kier alpha value is -1.76. The zero-order valence-corrected chi connectivity index (χ0v) is 15.4. The van der Waals surface area contributed by atoms with Crippen LogP contribution in [0.4, 0.5) is 0 Å². The minimum Gasteiger partial charge on any atom is -0.497 e. The molecule has 7 heteroatoms. The number of rotatable bonds is 7. The Bertz CT molecular complexity index is 821. The average Bonchev–Trinajstić information content (AvgIpc) is 2.52. The summed E-state index contributed by atoms with van der Waals surface area (Å²) in [4.78, 5) is 0.228. The van der Waals surface area contributed by atoms with Gasteiger partial charge in [-0.15, -0.1) is 0 Å². The molecule has 0 atom stereocenters. The lowest BCUT2D eigenvalue weighted by Gasteiger charge is -2.12. The van der Waals surface area contributed by atoms with Gasteiger partial charge in [0.1, 0.15) is 18.1 Å². The summed E-state index contributed by atoms with van der Waals surface area (Å²) in [6.07, 6.45) is 0. The Balaban J connectivity index is 1.95. The predicted octanol–water partition coefficient (Wildman–Crippen LogP) is 3.32. The lowest BCUT2D eigenvalue weighted by atomic mass is 10.2. The third-order valence-electron chi connectivity index (χ3n) is 3.46. The van der Waals surface area contributed by atoms with Crippen molar-refractivity contribution in [3.05, 3.63) is 52.5 Å². The molecule has 0 aromatic heterocycles. The summed E-state index contributed by atoms with van der Waals surface area (Å²) in [5, 5.41) is 0.635. The Morgan fingerprint density at radius 1 is 1.08 bits per heavy atom. The van der Waals surface area contributed by atoms with Crippen molar-refractivity contribution in [2.24, 2.45) is 0 Å². The van der Waals surface area contributed by atoms with Gasteiger partial charge in [-0.05, 0) is 61.4 Å². The van der Waals surface area contributed by atoms with Crippen LogP contribution in [0.25, 0.3) is 0 Å². The molecular formula is C17H20ClNO4S. The van der Waals surface area contributed by atoms with E-state index < -0.39 is 10.0 Å². The number of benzene rings is 2. The Labute approximate surface area is 147 Å². The molecule has 5 nitrogen and oxygen atoms in total.